The number of nitrogens with zero attached hydrogens (tertiary/aromatic N) is 1. The largest absolute Gasteiger partial charge is 0.480 e. The predicted octanol–water partition coefficient (Wildman–Crippen LogP) is 2.97. The number of hydrogen-bond acceptors (Lipinski definition) is 5. The smallest absolute Gasteiger partial charge is 0.323 e. The lowest BCUT2D eigenvalue weighted by atomic mass is 10.1. The number of carbonyl (C=O) groups excluding carboxylic acids is 3. The highest BCUT2D eigenvalue weighted by molar-refractivity contribution is 8.15. The molecule has 0 aromatic heterocycles. The van der Waals surface area contributed by atoms with Crippen LogP contribution in [-0.2, 0) is 16.0 Å². The van der Waals surface area contributed by atoms with E-state index >= 15 is 0 Å². The molecule has 1 aliphatic rings. The molecule has 7 nitrogen and oxygen atoms in total. The molecule has 3 amide bonds. The molecule has 28 heavy (non-hydrogen) atoms. The number of nitrogens with one attached hydrogen (secondary N) is 1. The minimum atomic E-state index is -1.14. The fourth-order valence-electron chi connectivity index (χ4n) is 2.72. The molecular formula is C19H15ClN2O5S. The van der Waals surface area contributed by atoms with Crippen LogP contribution in [0.15, 0.2) is 48.5 Å². The van der Waals surface area contributed by atoms with Gasteiger partial charge in [0, 0.05) is 16.3 Å². The number of benzene rings is 2. The molecule has 144 valence electrons. The van der Waals surface area contributed by atoms with Crippen molar-refractivity contribution in [2.24, 2.45) is 0 Å². The van der Waals surface area contributed by atoms with Gasteiger partial charge in [-0.3, -0.25) is 29.4 Å². The first kappa shape index (κ1) is 19.9. The molecule has 2 aromatic carbocycles. The molecule has 1 fully saturated rings. The standard InChI is InChI=1S/C19H15ClN2O5S/c20-13-5-7-14(8-6-13)22(10-16(23)24)18(26)12-3-1-11(2-4-12)9-15-17(25)21-19(27)28-15/h1-8,15H,9-10H2,(H,23,24)(H,21,25,27). The predicted molar refractivity (Wildman–Crippen MR) is 106 cm³/mol. The molecule has 1 heterocycles. The molecule has 2 aromatic rings. The summed E-state index contributed by atoms with van der Waals surface area (Å²) in [5.74, 6) is -1.95. The Hall–Kier alpha value is -2.84. The average molecular weight is 419 g/mol. The fourth-order valence-corrected chi connectivity index (χ4v) is 3.70. The first-order chi connectivity index (χ1) is 13.3. The highest BCUT2D eigenvalue weighted by Gasteiger charge is 2.31. The maximum Gasteiger partial charge on any atom is 0.323 e. The zero-order valence-electron chi connectivity index (χ0n) is 14.4. The molecule has 0 spiro atoms. The lowest BCUT2D eigenvalue weighted by Gasteiger charge is -2.21. The number of halogens is 1. The Bertz CT molecular complexity index is 930. The Morgan fingerprint density at radius 1 is 1.07 bits per heavy atom. The lowest BCUT2D eigenvalue weighted by molar-refractivity contribution is -0.135. The zero-order chi connectivity index (χ0) is 20.3. The van der Waals surface area contributed by atoms with Crippen LogP contribution in [0.3, 0.4) is 0 Å². The van der Waals surface area contributed by atoms with Gasteiger partial charge in [-0.25, -0.2) is 0 Å². The summed E-state index contributed by atoms with van der Waals surface area (Å²) in [5.41, 5.74) is 1.51. The molecule has 1 saturated heterocycles. The fraction of sp³-hybridized carbons (Fsp3) is 0.158. The summed E-state index contributed by atoms with van der Waals surface area (Å²) in [6, 6.07) is 12.8. The molecule has 3 rings (SSSR count). The van der Waals surface area contributed by atoms with Crippen LogP contribution < -0.4 is 10.2 Å². The van der Waals surface area contributed by atoms with Gasteiger partial charge in [0.05, 0.1) is 5.25 Å². The third-order valence-corrected chi connectivity index (χ3v) is 5.30. The Morgan fingerprint density at radius 2 is 1.71 bits per heavy atom. The Balaban J connectivity index is 1.77. The van der Waals surface area contributed by atoms with Crippen molar-refractivity contribution in [3.05, 3.63) is 64.7 Å². The Kier molecular flexibility index (Phi) is 6.01. The summed E-state index contributed by atoms with van der Waals surface area (Å²) >= 11 is 6.79. The topological polar surface area (TPSA) is 104 Å². The second-order valence-corrected chi connectivity index (χ2v) is 7.66. The molecule has 1 atom stereocenters. The van der Waals surface area contributed by atoms with E-state index in [2.05, 4.69) is 5.32 Å². The second kappa shape index (κ2) is 8.45. The number of thioether (sulfide) groups is 1. The summed E-state index contributed by atoms with van der Waals surface area (Å²) in [6.07, 6.45) is 0.354. The highest BCUT2D eigenvalue weighted by Crippen LogP contribution is 2.24. The number of rotatable bonds is 6. The second-order valence-electron chi connectivity index (χ2n) is 6.05. The quantitative estimate of drug-likeness (QED) is 0.747. The molecule has 9 heteroatoms. The highest BCUT2D eigenvalue weighted by atomic mass is 35.5. The first-order valence-electron chi connectivity index (χ1n) is 8.23. The van der Waals surface area contributed by atoms with Crippen molar-refractivity contribution in [2.75, 3.05) is 11.4 Å². The first-order valence-corrected chi connectivity index (χ1v) is 9.49. The van der Waals surface area contributed by atoms with Gasteiger partial charge < -0.3 is 5.11 Å². The van der Waals surface area contributed by atoms with Crippen LogP contribution in [0, 0.1) is 0 Å². The molecule has 0 saturated carbocycles. The van der Waals surface area contributed by atoms with Crippen LogP contribution in [0.25, 0.3) is 0 Å². The van der Waals surface area contributed by atoms with Gasteiger partial charge in [0.25, 0.3) is 11.1 Å². The maximum absolute atomic E-state index is 12.8. The van der Waals surface area contributed by atoms with E-state index in [1.54, 1.807) is 48.5 Å². The van der Waals surface area contributed by atoms with Gasteiger partial charge in [-0.1, -0.05) is 35.5 Å². The van der Waals surface area contributed by atoms with E-state index in [0.29, 0.717) is 22.7 Å². The van der Waals surface area contributed by atoms with E-state index < -0.39 is 23.7 Å². The van der Waals surface area contributed by atoms with E-state index in [0.717, 1.165) is 22.2 Å². The molecular weight excluding hydrogens is 404 g/mol. The molecule has 0 radical (unpaired) electrons. The van der Waals surface area contributed by atoms with Crippen molar-refractivity contribution in [3.63, 3.8) is 0 Å². The number of carboxylic acids is 1. The van der Waals surface area contributed by atoms with Gasteiger partial charge in [0.2, 0.25) is 5.91 Å². The molecule has 1 unspecified atom stereocenters. The lowest BCUT2D eigenvalue weighted by Crippen LogP contribution is -2.35. The van der Waals surface area contributed by atoms with Crippen LogP contribution in [0.1, 0.15) is 15.9 Å². The van der Waals surface area contributed by atoms with Gasteiger partial charge in [-0.15, -0.1) is 0 Å². The molecule has 1 aliphatic heterocycles. The third-order valence-electron chi connectivity index (χ3n) is 4.07. The summed E-state index contributed by atoms with van der Waals surface area (Å²) in [5, 5.41) is 11.0. The third kappa shape index (κ3) is 4.71. The number of anilines is 1. The van der Waals surface area contributed by atoms with Crippen molar-refractivity contribution in [1.29, 1.82) is 0 Å². The van der Waals surface area contributed by atoms with Crippen molar-refractivity contribution < 1.29 is 24.3 Å². The number of hydrogen-bond donors (Lipinski definition) is 2. The van der Waals surface area contributed by atoms with Crippen LogP contribution in [0.4, 0.5) is 10.5 Å². The average Bonchev–Trinajstić information content (AvgIpc) is 2.97. The number of carboxylic acid groups (broad SMARTS) is 1. The molecule has 0 bridgehead atoms. The number of imide groups is 1. The van der Waals surface area contributed by atoms with Crippen molar-refractivity contribution in [3.8, 4) is 0 Å². The summed E-state index contributed by atoms with van der Waals surface area (Å²) < 4.78 is 0. The van der Waals surface area contributed by atoms with E-state index in [1.807, 2.05) is 0 Å². The minimum absolute atomic E-state index is 0.305. The van der Waals surface area contributed by atoms with Gasteiger partial charge in [-0.2, -0.15) is 0 Å². The van der Waals surface area contributed by atoms with Crippen molar-refractivity contribution >= 4 is 52.1 Å². The molecule has 0 aliphatic carbocycles. The normalized spacial score (nSPS) is 16.0. The van der Waals surface area contributed by atoms with E-state index in [1.165, 1.54) is 0 Å². The SMILES string of the molecule is O=C(O)CN(C(=O)c1ccc(CC2SC(=O)NC2=O)cc1)c1ccc(Cl)cc1. The van der Waals surface area contributed by atoms with E-state index in [-0.39, 0.29) is 11.1 Å². The van der Waals surface area contributed by atoms with Crippen molar-refractivity contribution in [2.45, 2.75) is 11.7 Å². The zero-order valence-corrected chi connectivity index (χ0v) is 16.0. The number of carbonyl (C=O) groups is 4. The summed E-state index contributed by atoms with van der Waals surface area (Å²) in [4.78, 5) is 48.1. The van der Waals surface area contributed by atoms with Crippen molar-refractivity contribution in [1.82, 2.24) is 5.32 Å². The van der Waals surface area contributed by atoms with Crippen LogP contribution in [0.5, 0.6) is 0 Å². The summed E-state index contributed by atoms with van der Waals surface area (Å²) in [6.45, 7) is -0.497. The minimum Gasteiger partial charge on any atom is -0.480 e. The Labute approximate surface area is 169 Å². The van der Waals surface area contributed by atoms with Gasteiger partial charge >= 0.3 is 5.97 Å². The maximum atomic E-state index is 12.8. The van der Waals surface area contributed by atoms with Crippen LogP contribution >= 0.6 is 23.4 Å². The van der Waals surface area contributed by atoms with Gasteiger partial charge in [0.1, 0.15) is 6.54 Å². The molecule has 2 N–H and O–H groups in total. The van der Waals surface area contributed by atoms with E-state index in [4.69, 9.17) is 16.7 Å². The number of aliphatic carboxylic acids is 1. The summed E-state index contributed by atoms with van der Waals surface area (Å²) in [7, 11) is 0. The van der Waals surface area contributed by atoms with Gasteiger partial charge in [-0.05, 0) is 48.4 Å². The van der Waals surface area contributed by atoms with Crippen LogP contribution in [-0.4, -0.2) is 39.9 Å². The monoisotopic (exact) mass is 418 g/mol. The Morgan fingerprint density at radius 3 is 2.25 bits per heavy atom. The number of amides is 3. The van der Waals surface area contributed by atoms with Gasteiger partial charge in [0.15, 0.2) is 0 Å². The van der Waals surface area contributed by atoms with Crippen LogP contribution in [0.2, 0.25) is 5.02 Å². The van der Waals surface area contributed by atoms with E-state index in [9.17, 15) is 19.2 Å².